The fourth-order valence-electron chi connectivity index (χ4n) is 4.17. The zero-order valence-corrected chi connectivity index (χ0v) is 18.2. The van der Waals surface area contributed by atoms with E-state index in [2.05, 4.69) is 18.7 Å². The van der Waals surface area contributed by atoms with Gasteiger partial charge in [-0.2, -0.15) is 0 Å². The van der Waals surface area contributed by atoms with Crippen LogP contribution < -0.4 is 10.6 Å². The molecule has 30 heavy (non-hydrogen) atoms. The SMILES string of the molecule is CC(C)CCC(=O)N1CCN(C(=O)c2ccc(N3CCC[C@@H](C(N)=O)C3)cc2)CC1. The third kappa shape index (κ3) is 5.52. The molecule has 3 amide bonds. The maximum atomic E-state index is 12.9. The lowest BCUT2D eigenvalue weighted by atomic mass is 9.97. The molecule has 2 aliphatic rings. The number of hydrogen-bond acceptors (Lipinski definition) is 4. The molecule has 0 saturated carbocycles. The highest BCUT2D eigenvalue weighted by atomic mass is 16.2. The number of carbonyl (C=O) groups excluding carboxylic acids is 3. The molecule has 7 nitrogen and oxygen atoms in total. The van der Waals surface area contributed by atoms with Gasteiger partial charge in [0.25, 0.3) is 5.91 Å². The zero-order valence-electron chi connectivity index (χ0n) is 18.2. The Balaban J connectivity index is 1.53. The van der Waals surface area contributed by atoms with Crippen LogP contribution in [-0.2, 0) is 9.59 Å². The Morgan fingerprint density at radius 3 is 2.23 bits per heavy atom. The van der Waals surface area contributed by atoms with Crippen molar-refractivity contribution in [1.29, 1.82) is 0 Å². The van der Waals surface area contributed by atoms with Crippen LogP contribution >= 0.6 is 0 Å². The summed E-state index contributed by atoms with van der Waals surface area (Å²) >= 11 is 0. The molecule has 0 spiro atoms. The first-order valence-corrected chi connectivity index (χ1v) is 11.1. The van der Waals surface area contributed by atoms with Gasteiger partial charge < -0.3 is 20.4 Å². The average molecular weight is 415 g/mol. The Labute approximate surface area is 179 Å². The van der Waals surface area contributed by atoms with Crippen molar-refractivity contribution in [1.82, 2.24) is 9.80 Å². The standard InChI is InChI=1S/C23H34N4O3/c1-17(2)5-10-21(28)25-12-14-26(15-13-25)23(30)18-6-8-20(9-7-18)27-11-3-4-19(16-27)22(24)29/h6-9,17,19H,3-5,10-16H2,1-2H3,(H2,24,29)/t19-/m1/s1. The molecule has 2 fully saturated rings. The number of carbonyl (C=O) groups is 3. The summed E-state index contributed by atoms with van der Waals surface area (Å²) in [5.41, 5.74) is 7.14. The summed E-state index contributed by atoms with van der Waals surface area (Å²) in [6.45, 7) is 8.11. The van der Waals surface area contributed by atoms with E-state index in [1.807, 2.05) is 34.1 Å². The van der Waals surface area contributed by atoms with Crippen LogP contribution in [0.2, 0.25) is 0 Å². The normalized spacial score (nSPS) is 19.8. The van der Waals surface area contributed by atoms with Gasteiger partial charge in [-0.15, -0.1) is 0 Å². The van der Waals surface area contributed by atoms with Crippen molar-refractivity contribution in [2.75, 3.05) is 44.2 Å². The quantitative estimate of drug-likeness (QED) is 0.772. The minimum Gasteiger partial charge on any atom is -0.371 e. The minimum atomic E-state index is -0.242. The summed E-state index contributed by atoms with van der Waals surface area (Å²) < 4.78 is 0. The van der Waals surface area contributed by atoms with Crippen molar-refractivity contribution >= 4 is 23.4 Å². The summed E-state index contributed by atoms with van der Waals surface area (Å²) in [4.78, 5) is 42.5. The van der Waals surface area contributed by atoms with Crippen LogP contribution in [-0.4, -0.2) is 66.8 Å². The number of piperidine rings is 1. The molecule has 164 valence electrons. The Morgan fingerprint density at radius 2 is 1.63 bits per heavy atom. The van der Waals surface area contributed by atoms with E-state index in [4.69, 9.17) is 5.73 Å². The first kappa shape index (κ1) is 22.1. The van der Waals surface area contributed by atoms with Gasteiger partial charge in [0.2, 0.25) is 11.8 Å². The summed E-state index contributed by atoms with van der Waals surface area (Å²) in [6, 6.07) is 7.60. The number of hydrogen-bond donors (Lipinski definition) is 1. The van der Waals surface area contributed by atoms with Crippen molar-refractivity contribution < 1.29 is 14.4 Å². The molecule has 1 aromatic carbocycles. The molecule has 0 aromatic heterocycles. The fraction of sp³-hybridized carbons (Fsp3) is 0.609. The van der Waals surface area contributed by atoms with Crippen molar-refractivity contribution in [2.45, 2.75) is 39.5 Å². The van der Waals surface area contributed by atoms with E-state index in [9.17, 15) is 14.4 Å². The van der Waals surface area contributed by atoms with E-state index in [1.165, 1.54) is 0 Å². The van der Waals surface area contributed by atoms with E-state index in [0.29, 0.717) is 50.6 Å². The number of piperazine rings is 1. The van der Waals surface area contributed by atoms with Gasteiger partial charge in [0, 0.05) is 56.9 Å². The number of primary amides is 1. The highest BCUT2D eigenvalue weighted by molar-refractivity contribution is 5.94. The molecule has 2 saturated heterocycles. The van der Waals surface area contributed by atoms with Crippen molar-refractivity contribution in [3.05, 3.63) is 29.8 Å². The maximum Gasteiger partial charge on any atom is 0.253 e. The highest BCUT2D eigenvalue weighted by Crippen LogP contribution is 2.24. The molecule has 0 aliphatic carbocycles. The van der Waals surface area contributed by atoms with Crippen LogP contribution in [0.4, 0.5) is 5.69 Å². The van der Waals surface area contributed by atoms with Gasteiger partial charge in [-0.1, -0.05) is 13.8 Å². The topological polar surface area (TPSA) is 87.0 Å². The molecular formula is C23H34N4O3. The number of nitrogens with zero attached hydrogens (tertiary/aromatic N) is 3. The van der Waals surface area contributed by atoms with Crippen molar-refractivity contribution in [2.24, 2.45) is 17.6 Å². The van der Waals surface area contributed by atoms with Crippen LogP contribution in [0.1, 0.15) is 49.9 Å². The minimum absolute atomic E-state index is 0.00415. The Bertz CT molecular complexity index is 754. The Morgan fingerprint density at radius 1 is 1.00 bits per heavy atom. The lowest BCUT2D eigenvalue weighted by Crippen LogP contribution is -2.50. The van der Waals surface area contributed by atoms with Gasteiger partial charge in [-0.25, -0.2) is 0 Å². The van der Waals surface area contributed by atoms with Crippen LogP contribution in [0, 0.1) is 11.8 Å². The van der Waals surface area contributed by atoms with Crippen LogP contribution in [0.3, 0.4) is 0 Å². The molecule has 7 heteroatoms. The lowest BCUT2D eigenvalue weighted by Gasteiger charge is -2.35. The second-order valence-corrected chi connectivity index (χ2v) is 8.84. The molecule has 2 heterocycles. The molecule has 1 aromatic rings. The van der Waals surface area contributed by atoms with Gasteiger partial charge in [-0.3, -0.25) is 14.4 Å². The van der Waals surface area contributed by atoms with Gasteiger partial charge in [0.05, 0.1) is 5.92 Å². The second-order valence-electron chi connectivity index (χ2n) is 8.84. The first-order valence-electron chi connectivity index (χ1n) is 11.1. The summed E-state index contributed by atoms with van der Waals surface area (Å²) in [6.07, 6.45) is 3.27. The number of rotatable bonds is 6. The molecule has 1 atom stereocenters. The molecule has 0 bridgehead atoms. The fourth-order valence-corrected chi connectivity index (χ4v) is 4.17. The number of amides is 3. The van der Waals surface area contributed by atoms with Gasteiger partial charge in [-0.05, 0) is 49.4 Å². The summed E-state index contributed by atoms with van der Waals surface area (Å²) in [7, 11) is 0. The lowest BCUT2D eigenvalue weighted by molar-refractivity contribution is -0.133. The largest absolute Gasteiger partial charge is 0.371 e. The number of nitrogens with two attached hydrogens (primary N) is 1. The van der Waals surface area contributed by atoms with E-state index in [-0.39, 0.29) is 23.6 Å². The molecule has 0 radical (unpaired) electrons. The van der Waals surface area contributed by atoms with Gasteiger partial charge >= 0.3 is 0 Å². The average Bonchev–Trinajstić information content (AvgIpc) is 2.77. The van der Waals surface area contributed by atoms with E-state index in [0.717, 1.165) is 31.5 Å². The van der Waals surface area contributed by atoms with Gasteiger partial charge in [0.15, 0.2) is 0 Å². The third-order valence-corrected chi connectivity index (χ3v) is 6.16. The first-order chi connectivity index (χ1) is 14.3. The van der Waals surface area contributed by atoms with E-state index in [1.54, 1.807) is 0 Å². The monoisotopic (exact) mass is 414 g/mol. The third-order valence-electron chi connectivity index (χ3n) is 6.16. The smallest absolute Gasteiger partial charge is 0.253 e. The van der Waals surface area contributed by atoms with Crippen molar-refractivity contribution in [3.8, 4) is 0 Å². The van der Waals surface area contributed by atoms with Crippen molar-refractivity contribution in [3.63, 3.8) is 0 Å². The predicted octanol–water partition coefficient (Wildman–Crippen LogP) is 2.11. The van der Waals surface area contributed by atoms with E-state index >= 15 is 0 Å². The van der Waals surface area contributed by atoms with Crippen LogP contribution in [0.25, 0.3) is 0 Å². The summed E-state index contributed by atoms with van der Waals surface area (Å²) in [5.74, 6) is 0.361. The van der Waals surface area contributed by atoms with Gasteiger partial charge in [0.1, 0.15) is 0 Å². The molecular weight excluding hydrogens is 380 g/mol. The van der Waals surface area contributed by atoms with Crippen LogP contribution in [0.5, 0.6) is 0 Å². The predicted molar refractivity (Wildman–Crippen MR) is 117 cm³/mol. The Kier molecular flexibility index (Phi) is 7.34. The highest BCUT2D eigenvalue weighted by Gasteiger charge is 2.26. The molecule has 2 N–H and O–H groups in total. The molecule has 3 rings (SSSR count). The summed E-state index contributed by atoms with van der Waals surface area (Å²) in [5, 5.41) is 0. The number of benzene rings is 1. The van der Waals surface area contributed by atoms with E-state index < -0.39 is 0 Å². The number of anilines is 1. The maximum absolute atomic E-state index is 12.9. The molecule has 2 aliphatic heterocycles. The Hall–Kier alpha value is -2.57. The second kappa shape index (κ2) is 9.96. The molecule has 0 unspecified atom stereocenters. The van der Waals surface area contributed by atoms with Crippen LogP contribution in [0.15, 0.2) is 24.3 Å². The zero-order chi connectivity index (χ0) is 21.7.